The average molecular weight is 205 g/mol. The molecule has 1 aromatic rings. The molecule has 0 radical (unpaired) electrons. The maximum Gasteiger partial charge on any atom is 0.108 e. The van der Waals surface area contributed by atoms with Gasteiger partial charge in [-0.1, -0.05) is 37.3 Å². The molecule has 0 heterocycles. The van der Waals surface area contributed by atoms with Gasteiger partial charge in [-0.05, 0) is 19.0 Å². The van der Waals surface area contributed by atoms with Crippen molar-refractivity contribution in [3.63, 3.8) is 0 Å². The number of hydrogen-bond acceptors (Lipinski definition) is 2. The fourth-order valence-corrected chi connectivity index (χ4v) is 1.54. The van der Waals surface area contributed by atoms with Crippen molar-refractivity contribution in [2.24, 2.45) is 5.73 Å². The largest absolute Gasteiger partial charge is 0.386 e. The SMILES string of the molecule is CCN(Cc1ccccc1)C(C)C(=N)N. The van der Waals surface area contributed by atoms with Crippen LogP contribution in [-0.2, 0) is 6.54 Å². The molecular formula is C12H19N3. The predicted molar refractivity (Wildman–Crippen MR) is 63.9 cm³/mol. The third kappa shape index (κ3) is 3.36. The molecule has 1 aromatic carbocycles. The van der Waals surface area contributed by atoms with Crippen LogP contribution in [0.3, 0.4) is 0 Å². The third-order valence-corrected chi connectivity index (χ3v) is 2.63. The molecule has 1 unspecified atom stereocenters. The maximum absolute atomic E-state index is 7.44. The summed E-state index contributed by atoms with van der Waals surface area (Å²) in [4.78, 5) is 2.18. The molecule has 15 heavy (non-hydrogen) atoms. The molecule has 0 aliphatic carbocycles. The van der Waals surface area contributed by atoms with E-state index in [9.17, 15) is 0 Å². The zero-order chi connectivity index (χ0) is 11.3. The van der Waals surface area contributed by atoms with Crippen LogP contribution >= 0.6 is 0 Å². The minimum atomic E-state index is 0.00945. The van der Waals surface area contributed by atoms with Gasteiger partial charge in [0.15, 0.2) is 0 Å². The van der Waals surface area contributed by atoms with Gasteiger partial charge >= 0.3 is 0 Å². The highest BCUT2D eigenvalue weighted by atomic mass is 15.2. The minimum Gasteiger partial charge on any atom is -0.386 e. The normalized spacial score (nSPS) is 12.7. The van der Waals surface area contributed by atoms with Crippen molar-refractivity contribution in [3.8, 4) is 0 Å². The van der Waals surface area contributed by atoms with Gasteiger partial charge in [-0.25, -0.2) is 0 Å². The Kier molecular flexibility index (Phi) is 4.31. The zero-order valence-electron chi connectivity index (χ0n) is 9.40. The van der Waals surface area contributed by atoms with Crippen LogP contribution < -0.4 is 5.73 Å². The Morgan fingerprint density at radius 2 is 2.00 bits per heavy atom. The third-order valence-electron chi connectivity index (χ3n) is 2.63. The van der Waals surface area contributed by atoms with Gasteiger partial charge in [0.1, 0.15) is 5.84 Å². The van der Waals surface area contributed by atoms with E-state index in [0.717, 1.165) is 13.1 Å². The summed E-state index contributed by atoms with van der Waals surface area (Å²) in [5, 5.41) is 7.44. The first-order valence-electron chi connectivity index (χ1n) is 5.27. The topological polar surface area (TPSA) is 53.1 Å². The molecule has 3 N–H and O–H groups in total. The fourth-order valence-electron chi connectivity index (χ4n) is 1.54. The van der Waals surface area contributed by atoms with Gasteiger partial charge in [0, 0.05) is 6.54 Å². The summed E-state index contributed by atoms with van der Waals surface area (Å²) < 4.78 is 0. The molecule has 0 amide bonds. The van der Waals surface area contributed by atoms with E-state index in [4.69, 9.17) is 11.1 Å². The first kappa shape index (κ1) is 11.7. The van der Waals surface area contributed by atoms with Crippen molar-refractivity contribution >= 4 is 5.84 Å². The molecule has 82 valence electrons. The quantitative estimate of drug-likeness (QED) is 0.569. The number of nitrogens with two attached hydrogens (primary N) is 1. The summed E-state index contributed by atoms with van der Waals surface area (Å²) in [6, 6.07) is 10.3. The van der Waals surface area contributed by atoms with Gasteiger partial charge in [0.25, 0.3) is 0 Å². The molecule has 1 atom stereocenters. The molecule has 3 heteroatoms. The molecular weight excluding hydrogens is 186 g/mol. The van der Waals surface area contributed by atoms with Crippen molar-refractivity contribution in [2.45, 2.75) is 26.4 Å². The highest BCUT2D eigenvalue weighted by Gasteiger charge is 2.14. The molecule has 0 spiro atoms. The number of benzene rings is 1. The van der Waals surface area contributed by atoms with Gasteiger partial charge in [-0.15, -0.1) is 0 Å². The van der Waals surface area contributed by atoms with E-state index >= 15 is 0 Å². The lowest BCUT2D eigenvalue weighted by molar-refractivity contribution is 0.256. The maximum atomic E-state index is 7.44. The van der Waals surface area contributed by atoms with Crippen LogP contribution in [0.2, 0.25) is 0 Å². The Morgan fingerprint density at radius 3 is 2.47 bits per heavy atom. The molecule has 0 aromatic heterocycles. The van der Waals surface area contributed by atoms with Gasteiger partial charge in [-0.3, -0.25) is 10.3 Å². The minimum absolute atomic E-state index is 0.00945. The molecule has 1 rings (SSSR count). The van der Waals surface area contributed by atoms with Crippen LogP contribution in [0.15, 0.2) is 30.3 Å². The first-order valence-corrected chi connectivity index (χ1v) is 5.27. The molecule has 3 nitrogen and oxygen atoms in total. The summed E-state index contributed by atoms with van der Waals surface area (Å²) in [6.07, 6.45) is 0. The first-order chi connectivity index (χ1) is 7.15. The second-order valence-corrected chi connectivity index (χ2v) is 3.68. The summed E-state index contributed by atoms with van der Waals surface area (Å²) in [7, 11) is 0. The lowest BCUT2D eigenvalue weighted by Gasteiger charge is -2.26. The summed E-state index contributed by atoms with van der Waals surface area (Å²) in [5.41, 5.74) is 6.76. The monoisotopic (exact) mass is 205 g/mol. The highest BCUT2D eigenvalue weighted by Crippen LogP contribution is 2.07. The highest BCUT2D eigenvalue weighted by molar-refractivity contribution is 5.82. The van der Waals surface area contributed by atoms with E-state index in [-0.39, 0.29) is 11.9 Å². The average Bonchev–Trinajstić information content (AvgIpc) is 2.26. The molecule has 0 fully saturated rings. The van der Waals surface area contributed by atoms with Crippen molar-refractivity contribution in [1.29, 1.82) is 5.41 Å². The lowest BCUT2D eigenvalue weighted by atomic mass is 10.2. The van der Waals surface area contributed by atoms with Gasteiger partial charge in [0.2, 0.25) is 0 Å². The van der Waals surface area contributed by atoms with Crippen molar-refractivity contribution in [1.82, 2.24) is 4.90 Å². The van der Waals surface area contributed by atoms with E-state index in [1.165, 1.54) is 5.56 Å². The van der Waals surface area contributed by atoms with E-state index < -0.39 is 0 Å². The van der Waals surface area contributed by atoms with Crippen LogP contribution in [0.4, 0.5) is 0 Å². The van der Waals surface area contributed by atoms with Crippen molar-refractivity contribution in [2.75, 3.05) is 6.54 Å². The smallest absolute Gasteiger partial charge is 0.108 e. The van der Waals surface area contributed by atoms with E-state index in [1.54, 1.807) is 0 Å². The second kappa shape index (κ2) is 5.51. The van der Waals surface area contributed by atoms with E-state index in [1.807, 2.05) is 25.1 Å². The Morgan fingerprint density at radius 1 is 1.40 bits per heavy atom. The van der Waals surface area contributed by atoms with Crippen molar-refractivity contribution < 1.29 is 0 Å². The number of amidine groups is 1. The van der Waals surface area contributed by atoms with Crippen LogP contribution in [0.5, 0.6) is 0 Å². The summed E-state index contributed by atoms with van der Waals surface area (Å²) >= 11 is 0. The molecule has 0 aliphatic rings. The van der Waals surface area contributed by atoms with Crippen LogP contribution in [0, 0.1) is 5.41 Å². The van der Waals surface area contributed by atoms with Crippen molar-refractivity contribution in [3.05, 3.63) is 35.9 Å². The van der Waals surface area contributed by atoms with Crippen LogP contribution in [0.25, 0.3) is 0 Å². The molecule has 0 aliphatic heterocycles. The standard InChI is InChI=1S/C12H19N3/c1-3-15(10(2)12(13)14)9-11-7-5-4-6-8-11/h4-8,10H,3,9H2,1-2H3,(H3,13,14). The molecule has 0 bridgehead atoms. The van der Waals surface area contributed by atoms with Gasteiger partial charge in [0.05, 0.1) is 6.04 Å². The second-order valence-electron chi connectivity index (χ2n) is 3.68. The van der Waals surface area contributed by atoms with Crippen LogP contribution in [-0.4, -0.2) is 23.3 Å². The Labute approximate surface area is 91.4 Å². The predicted octanol–water partition coefficient (Wildman–Crippen LogP) is 1.83. The molecule has 0 saturated heterocycles. The fraction of sp³-hybridized carbons (Fsp3) is 0.417. The van der Waals surface area contributed by atoms with Gasteiger partial charge < -0.3 is 5.73 Å². The lowest BCUT2D eigenvalue weighted by Crippen LogP contribution is -2.41. The van der Waals surface area contributed by atoms with Crippen LogP contribution in [0.1, 0.15) is 19.4 Å². The number of hydrogen-bond donors (Lipinski definition) is 2. The Hall–Kier alpha value is -1.35. The Balaban J connectivity index is 2.66. The number of rotatable bonds is 5. The number of nitrogens with zero attached hydrogens (tertiary/aromatic N) is 1. The van der Waals surface area contributed by atoms with Gasteiger partial charge in [-0.2, -0.15) is 0 Å². The number of nitrogens with one attached hydrogen (secondary N) is 1. The number of likely N-dealkylation sites (N-methyl/N-ethyl adjacent to an activating group) is 1. The van der Waals surface area contributed by atoms with E-state index in [0.29, 0.717) is 0 Å². The molecule has 0 saturated carbocycles. The zero-order valence-corrected chi connectivity index (χ0v) is 9.40. The summed E-state index contributed by atoms with van der Waals surface area (Å²) in [6.45, 7) is 5.80. The summed E-state index contributed by atoms with van der Waals surface area (Å²) in [5.74, 6) is 0.229. The van der Waals surface area contributed by atoms with E-state index in [2.05, 4.69) is 24.0 Å². The Bertz CT molecular complexity index is 308.